The van der Waals surface area contributed by atoms with Gasteiger partial charge in [-0.1, -0.05) is 11.8 Å². The number of thioether (sulfide) groups is 1. The first-order chi connectivity index (χ1) is 12.3. The normalized spacial score (nSPS) is 10.3. The summed E-state index contributed by atoms with van der Waals surface area (Å²) in [6.45, 7) is 2.61. The second-order valence-corrected chi connectivity index (χ2v) is 6.19. The minimum Gasteiger partial charge on any atom is -0.314 e. The smallest absolute Gasteiger partial charge is 0.277 e. The molecule has 10 heteroatoms. The van der Waals surface area contributed by atoms with Gasteiger partial charge >= 0.3 is 0 Å². The monoisotopic (exact) mass is 378 g/mol. The first kappa shape index (κ1) is 19.3. The van der Waals surface area contributed by atoms with Crippen LogP contribution in [0.2, 0.25) is 0 Å². The van der Waals surface area contributed by atoms with E-state index in [2.05, 4.69) is 20.6 Å². The molecule has 0 bridgehead atoms. The van der Waals surface area contributed by atoms with Gasteiger partial charge in [0.25, 0.3) is 11.5 Å². The second kappa shape index (κ2) is 8.39. The fourth-order valence-electron chi connectivity index (χ4n) is 1.85. The molecule has 26 heavy (non-hydrogen) atoms. The molecule has 0 aliphatic carbocycles. The van der Waals surface area contributed by atoms with Crippen molar-refractivity contribution >= 4 is 40.9 Å². The van der Waals surface area contributed by atoms with Crippen molar-refractivity contribution in [2.24, 2.45) is 0 Å². The van der Waals surface area contributed by atoms with Gasteiger partial charge in [0.1, 0.15) is 11.6 Å². The summed E-state index contributed by atoms with van der Waals surface area (Å²) < 4.78 is 13.0. The van der Waals surface area contributed by atoms with Crippen LogP contribution in [0, 0.1) is 5.82 Å². The molecule has 2 amide bonds. The lowest BCUT2D eigenvalue weighted by Crippen LogP contribution is -2.24. The number of aromatic nitrogens is 2. The molecule has 136 valence electrons. The third kappa shape index (κ3) is 5.24. The number of ketones is 1. The minimum absolute atomic E-state index is 0.0870. The van der Waals surface area contributed by atoms with E-state index in [-0.39, 0.29) is 33.8 Å². The minimum atomic E-state index is -0.703. The van der Waals surface area contributed by atoms with Crippen LogP contribution in [0.3, 0.4) is 0 Å². The number of carbonyl (C=O) groups is 3. The van der Waals surface area contributed by atoms with Gasteiger partial charge in [-0.15, -0.1) is 0 Å². The number of halogens is 1. The third-order valence-electron chi connectivity index (χ3n) is 2.95. The summed E-state index contributed by atoms with van der Waals surface area (Å²) in [4.78, 5) is 53.4. The Kier molecular flexibility index (Phi) is 6.23. The highest BCUT2D eigenvalue weighted by Gasteiger charge is 2.17. The molecule has 1 heterocycles. The maximum Gasteiger partial charge on any atom is 0.277 e. The van der Waals surface area contributed by atoms with Crippen molar-refractivity contribution in [1.82, 2.24) is 9.97 Å². The molecule has 0 atom stereocenters. The fraction of sp³-hybridized carbons (Fsp3) is 0.188. The van der Waals surface area contributed by atoms with Crippen LogP contribution in [0.4, 0.5) is 15.9 Å². The first-order valence-corrected chi connectivity index (χ1v) is 8.36. The number of aromatic amines is 1. The number of nitrogens with one attached hydrogen (secondary N) is 3. The quantitative estimate of drug-likeness (QED) is 0.521. The molecular formula is C16H15FN4O4S. The molecule has 1 aromatic heterocycles. The molecular weight excluding hydrogens is 363 g/mol. The predicted molar refractivity (Wildman–Crippen MR) is 94.9 cm³/mol. The van der Waals surface area contributed by atoms with Gasteiger partial charge in [0.2, 0.25) is 5.91 Å². The van der Waals surface area contributed by atoms with Gasteiger partial charge in [-0.25, -0.2) is 9.37 Å². The Morgan fingerprint density at radius 2 is 1.81 bits per heavy atom. The fourth-order valence-corrected chi connectivity index (χ4v) is 2.51. The van der Waals surface area contributed by atoms with Crippen LogP contribution in [0.1, 0.15) is 24.2 Å². The zero-order valence-corrected chi connectivity index (χ0v) is 14.7. The van der Waals surface area contributed by atoms with Gasteiger partial charge in [0.05, 0.1) is 5.75 Å². The molecule has 0 spiro atoms. The summed E-state index contributed by atoms with van der Waals surface area (Å²) in [6.07, 6.45) is 0. The van der Waals surface area contributed by atoms with Crippen molar-refractivity contribution in [2.75, 3.05) is 16.4 Å². The van der Waals surface area contributed by atoms with E-state index in [0.717, 1.165) is 23.9 Å². The van der Waals surface area contributed by atoms with Crippen molar-refractivity contribution < 1.29 is 18.8 Å². The van der Waals surface area contributed by atoms with Crippen LogP contribution in [-0.2, 0) is 9.59 Å². The van der Waals surface area contributed by atoms with Gasteiger partial charge in [0, 0.05) is 12.5 Å². The Morgan fingerprint density at radius 1 is 1.15 bits per heavy atom. The molecule has 0 unspecified atom stereocenters. The van der Waals surface area contributed by atoms with Crippen molar-refractivity contribution in [3.8, 4) is 0 Å². The Labute approximate surface area is 151 Å². The number of amides is 2. The second-order valence-electron chi connectivity index (χ2n) is 5.23. The molecule has 0 aliphatic rings. The lowest BCUT2D eigenvalue weighted by Gasteiger charge is -2.11. The van der Waals surface area contributed by atoms with Crippen LogP contribution in [-0.4, -0.2) is 33.3 Å². The van der Waals surface area contributed by atoms with Crippen LogP contribution in [0.25, 0.3) is 0 Å². The number of H-pyrrole nitrogens is 1. The van der Waals surface area contributed by atoms with E-state index >= 15 is 0 Å². The molecule has 3 N–H and O–H groups in total. The number of hydrogen-bond donors (Lipinski definition) is 3. The first-order valence-electron chi connectivity index (χ1n) is 7.37. The summed E-state index contributed by atoms with van der Waals surface area (Å²) in [5.41, 5.74) is -0.846. The van der Waals surface area contributed by atoms with Crippen molar-refractivity contribution in [1.29, 1.82) is 0 Å². The summed E-state index contributed by atoms with van der Waals surface area (Å²) in [6, 6.07) is 4.71. The van der Waals surface area contributed by atoms with Gasteiger partial charge in [0.15, 0.2) is 16.7 Å². The molecule has 0 saturated carbocycles. The van der Waals surface area contributed by atoms with Gasteiger partial charge in [-0.2, -0.15) is 0 Å². The van der Waals surface area contributed by atoms with Crippen molar-refractivity contribution in [3.63, 3.8) is 0 Å². The van der Waals surface area contributed by atoms with E-state index in [1.165, 1.54) is 26.0 Å². The summed E-state index contributed by atoms with van der Waals surface area (Å²) in [7, 11) is 0. The molecule has 0 aliphatic heterocycles. The SMILES string of the molecule is CC(=O)CSc1nc(NC(C)=O)c(NC(=O)c2ccc(F)cc2)c(=O)[nH]1. The highest BCUT2D eigenvalue weighted by molar-refractivity contribution is 7.99. The van der Waals surface area contributed by atoms with Crippen LogP contribution in [0.5, 0.6) is 0 Å². The molecule has 8 nitrogen and oxygen atoms in total. The van der Waals surface area contributed by atoms with Gasteiger partial charge in [-0.3, -0.25) is 24.2 Å². The molecule has 2 aromatic rings. The predicted octanol–water partition coefficient (Wildman–Crippen LogP) is 1.80. The van der Waals surface area contributed by atoms with Gasteiger partial charge < -0.3 is 10.6 Å². The number of hydrogen-bond acceptors (Lipinski definition) is 6. The van der Waals surface area contributed by atoms with Crippen LogP contribution in [0.15, 0.2) is 34.2 Å². The molecule has 2 rings (SSSR count). The Bertz CT molecular complexity index is 911. The lowest BCUT2D eigenvalue weighted by atomic mass is 10.2. The molecule has 0 radical (unpaired) electrons. The van der Waals surface area contributed by atoms with Crippen molar-refractivity contribution in [2.45, 2.75) is 19.0 Å². The maximum atomic E-state index is 13.0. The lowest BCUT2D eigenvalue weighted by molar-refractivity contribution is -0.115. The number of Topliss-reactive ketones (excluding diaryl/α,β-unsaturated/α-hetero) is 1. The summed E-state index contributed by atoms with van der Waals surface area (Å²) in [5.74, 6) is -1.86. The average molecular weight is 378 g/mol. The third-order valence-corrected chi connectivity index (χ3v) is 3.97. The highest BCUT2D eigenvalue weighted by atomic mass is 32.2. The van der Waals surface area contributed by atoms with E-state index in [9.17, 15) is 23.6 Å². The van der Waals surface area contributed by atoms with E-state index in [0.29, 0.717) is 0 Å². The van der Waals surface area contributed by atoms with E-state index in [1.807, 2.05) is 0 Å². The van der Waals surface area contributed by atoms with Crippen LogP contribution < -0.4 is 16.2 Å². The summed E-state index contributed by atoms with van der Waals surface area (Å²) >= 11 is 0.988. The molecule has 0 fully saturated rings. The Balaban J connectivity index is 2.34. The molecule has 1 aromatic carbocycles. The Hall–Kier alpha value is -3.01. The Morgan fingerprint density at radius 3 is 2.38 bits per heavy atom. The average Bonchev–Trinajstić information content (AvgIpc) is 2.56. The van der Waals surface area contributed by atoms with E-state index in [4.69, 9.17) is 0 Å². The number of carbonyl (C=O) groups excluding carboxylic acids is 3. The highest BCUT2D eigenvalue weighted by Crippen LogP contribution is 2.20. The molecule has 0 saturated heterocycles. The zero-order valence-electron chi connectivity index (χ0n) is 13.9. The summed E-state index contributed by atoms with van der Waals surface area (Å²) in [5, 5.41) is 4.84. The zero-order chi connectivity index (χ0) is 19.3. The van der Waals surface area contributed by atoms with E-state index in [1.54, 1.807) is 0 Å². The number of nitrogens with zero attached hydrogens (tertiary/aromatic N) is 1. The number of benzene rings is 1. The van der Waals surface area contributed by atoms with Crippen LogP contribution >= 0.6 is 11.8 Å². The number of anilines is 2. The standard InChI is InChI=1S/C16H15FN4O4S/c1-8(22)7-26-16-20-13(18-9(2)23)12(15(25)21-16)19-14(24)10-3-5-11(17)6-4-10/h3-6H,7H2,1-2H3,(H,19,24)(H2,18,20,21,23,25). The van der Waals surface area contributed by atoms with Gasteiger partial charge in [-0.05, 0) is 31.2 Å². The largest absolute Gasteiger partial charge is 0.314 e. The van der Waals surface area contributed by atoms with Crippen molar-refractivity contribution in [3.05, 3.63) is 46.0 Å². The number of rotatable bonds is 6. The maximum absolute atomic E-state index is 13.0. The van der Waals surface area contributed by atoms with E-state index < -0.39 is 23.2 Å². The topological polar surface area (TPSA) is 121 Å².